The third-order valence-electron chi connectivity index (χ3n) is 9.77. The van der Waals surface area contributed by atoms with Crippen LogP contribution >= 0.6 is 0 Å². The highest BCUT2D eigenvalue weighted by molar-refractivity contribution is 5.67. The first-order valence-electron chi connectivity index (χ1n) is 11.2. The van der Waals surface area contributed by atoms with E-state index in [9.17, 15) is 15.0 Å². The Morgan fingerprint density at radius 3 is 2.58 bits per heavy atom. The molecule has 3 heteroatoms. The number of fused-ring (bicyclic) bond motifs is 5. The number of carboxylic acid groups (broad SMARTS) is 1. The highest BCUT2D eigenvalue weighted by Gasteiger charge is 2.62. The molecule has 4 aliphatic carbocycles. The third-order valence-corrected chi connectivity index (χ3v) is 9.77. The van der Waals surface area contributed by atoms with Crippen molar-refractivity contribution in [3.8, 4) is 0 Å². The summed E-state index contributed by atoms with van der Waals surface area (Å²) >= 11 is 0. The Kier molecular flexibility index (Phi) is 4.69. The molecule has 0 radical (unpaired) electrons. The first-order valence-corrected chi connectivity index (χ1v) is 11.2. The standard InChI is InChI=1S/C23H38O3/c1-14(12-20(25)26)17-9-10-18-16-8-7-15-6-4-5-11-22(15,2)21(16)19(24)13-23(17,18)3/h14-19,21,24H,4-13H2,1-3H3,(H,25,26)/t14-,15?,16?,17?,18?,19?,21?,22?,23?/m1/s1. The molecule has 4 fully saturated rings. The fourth-order valence-electron chi connectivity index (χ4n) is 8.81. The third kappa shape index (κ3) is 2.67. The predicted molar refractivity (Wildman–Crippen MR) is 103 cm³/mol. The molecule has 0 amide bonds. The van der Waals surface area contributed by atoms with Gasteiger partial charge in [0.05, 0.1) is 6.10 Å². The second-order valence-corrected chi connectivity index (χ2v) is 10.9. The monoisotopic (exact) mass is 362 g/mol. The van der Waals surface area contributed by atoms with Crippen LogP contribution in [-0.2, 0) is 4.79 Å². The molecule has 0 saturated heterocycles. The Labute approximate surface area is 158 Å². The van der Waals surface area contributed by atoms with Crippen molar-refractivity contribution in [1.82, 2.24) is 0 Å². The molecule has 26 heavy (non-hydrogen) atoms. The van der Waals surface area contributed by atoms with Crippen molar-refractivity contribution >= 4 is 5.97 Å². The lowest BCUT2D eigenvalue weighted by Gasteiger charge is -2.62. The normalized spacial score (nSPS) is 51.8. The van der Waals surface area contributed by atoms with Gasteiger partial charge in [-0.3, -0.25) is 4.79 Å². The number of carbonyl (C=O) groups is 1. The van der Waals surface area contributed by atoms with E-state index in [1.807, 2.05) is 0 Å². The van der Waals surface area contributed by atoms with Crippen LogP contribution < -0.4 is 0 Å². The Balaban J connectivity index is 1.61. The summed E-state index contributed by atoms with van der Waals surface area (Å²) in [7, 11) is 0. The molecule has 0 aliphatic heterocycles. The highest BCUT2D eigenvalue weighted by atomic mass is 16.4. The van der Waals surface area contributed by atoms with Crippen LogP contribution in [0.1, 0.15) is 85.0 Å². The SMILES string of the molecule is C[C@H](CC(=O)O)C1CCC2C3CCC4CCCCC4(C)C3C(O)CC21C. The Hall–Kier alpha value is -0.570. The van der Waals surface area contributed by atoms with Crippen LogP contribution in [0.15, 0.2) is 0 Å². The zero-order valence-corrected chi connectivity index (χ0v) is 16.9. The lowest BCUT2D eigenvalue weighted by Crippen LogP contribution is -2.58. The van der Waals surface area contributed by atoms with Gasteiger partial charge in [0.15, 0.2) is 0 Å². The van der Waals surface area contributed by atoms with Crippen molar-refractivity contribution in [3.05, 3.63) is 0 Å². The molecular weight excluding hydrogens is 324 g/mol. The summed E-state index contributed by atoms with van der Waals surface area (Å²) < 4.78 is 0. The van der Waals surface area contributed by atoms with Crippen LogP contribution in [0, 0.1) is 46.3 Å². The van der Waals surface area contributed by atoms with E-state index in [2.05, 4.69) is 20.8 Å². The minimum absolute atomic E-state index is 0.132. The van der Waals surface area contributed by atoms with Gasteiger partial charge in [-0.05, 0) is 91.3 Å². The predicted octanol–water partition coefficient (Wildman–Crippen LogP) is 5.12. The van der Waals surface area contributed by atoms with Crippen LogP contribution in [0.25, 0.3) is 0 Å². The average molecular weight is 363 g/mol. The maximum atomic E-state index is 11.4. The largest absolute Gasteiger partial charge is 0.481 e. The summed E-state index contributed by atoms with van der Waals surface area (Å²) in [6.45, 7) is 7.02. The molecule has 9 atom stereocenters. The lowest BCUT2D eigenvalue weighted by molar-refractivity contribution is -0.172. The number of carboxylic acids is 1. The summed E-state index contributed by atoms with van der Waals surface area (Å²) in [6, 6.07) is 0. The molecule has 0 spiro atoms. The fraction of sp³-hybridized carbons (Fsp3) is 0.957. The molecule has 4 aliphatic rings. The molecule has 2 N–H and O–H groups in total. The summed E-state index contributed by atoms with van der Waals surface area (Å²) in [5, 5.41) is 20.7. The van der Waals surface area contributed by atoms with E-state index in [1.165, 1.54) is 44.9 Å². The van der Waals surface area contributed by atoms with E-state index < -0.39 is 5.97 Å². The quantitative estimate of drug-likeness (QED) is 0.733. The van der Waals surface area contributed by atoms with E-state index in [4.69, 9.17) is 0 Å². The molecule has 3 nitrogen and oxygen atoms in total. The molecule has 0 aromatic carbocycles. The lowest BCUT2D eigenvalue weighted by atomic mass is 9.43. The Bertz CT molecular complexity index is 560. The highest BCUT2D eigenvalue weighted by Crippen LogP contribution is 2.68. The molecular formula is C23H38O3. The van der Waals surface area contributed by atoms with E-state index in [0.717, 1.165) is 18.8 Å². The maximum absolute atomic E-state index is 11.4. The van der Waals surface area contributed by atoms with Gasteiger partial charge in [0.1, 0.15) is 0 Å². The topological polar surface area (TPSA) is 57.5 Å². The van der Waals surface area contributed by atoms with Gasteiger partial charge < -0.3 is 10.2 Å². The van der Waals surface area contributed by atoms with Gasteiger partial charge in [0, 0.05) is 6.42 Å². The smallest absolute Gasteiger partial charge is 0.303 e. The second kappa shape index (κ2) is 6.50. The summed E-state index contributed by atoms with van der Waals surface area (Å²) in [5.74, 6) is 2.65. The number of rotatable bonds is 3. The number of aliphatic hydroxyl groups excluding tert-OH is 1. The van der Waals surface area contributed by atoms with Gasteiger partial charge in [-0.15, -0.1) is 0 Å². The van der Waals surface area contributed by atoms with E-state index in [1.54, 1.807) is 0 Å². The first-order chi connectivity index (χ1) is 12.3. The van der Waals surface area contributed by atoms with Crippen LogP contribution in [0.5, 0.6) is 0 Å². The summed E-state index contributed by atoms with van der Waals surface area (Å²) in [4.78, 5) is 11.3. The molecule has 0 aromatic rings. The second-order valence-electron chi connectivity index (χ2n) is 10.9. The first kappa shape index (κ1) is 18.8. The molecule has 8 unspecified atom stereocenters. The average Bonchev–Trinajstić information content (AvgIpc) is 2.89. The van der Waals surface area contributed by atoms with Crippen molar-refractivity contribution < 1.29 is 15.0 Å². The van der Waals surface area contributed by atoms with Crippen molar-refractivity contribution in [2.45, 2.75) is 91.1 Å². The number of aliphatic carboxylic acids is 1. The maximum Gasteiger partial charge on any atom is 0.303 e. The Morgan fingerprint density at radius 1 is 1.08 bits per heavy atom. The van der Waals surface area contributed by atoms with Crippen LogP contribution in [-0.4, -0.2) is 22.3 Å². The van der Waals surface area contributed by atoms with Crippen molar-refractivity contribution in [3.63, 3.8) is 0 Å². The number of aliphatic hydroxyl groups is 1. The summed E-state index contributed by atoms with van der Waals surface area (Å²) in [5.41, 5.74) is 0.472. The minimum Gasteiger partial charge on any atom is -0.481 e. The Morgan fingerprint density at radius 2 is 1.85 bits per heavy atom. The van der Waals surface area contributed by atoms with Crippen LogP contribution in [0.3, 0.4) is 0 Å². The number of hydrogen-bond donors (Lipinski definition) is 2. The zero-order chi connectivity index (χ0) is 18.7. The molecule has 148 valence electrons. The van der Waals surface area contributed by atoms with E-state index >= 15 is 0 Å². The van der Waals surface area contributed by atoms with Gasteiger partial charge in [-0.25, -0.2) is 0 Å². The molecule has 4 rings (SSSR count). The summed E-state index contributed by atoms with van der Waals surface area (Å²) in [6.07, 6.45) is 11.4. The van der Waals surface area contributed by atoms with Crippen molar-refractivity contribution in [2.75, 3.05) is 0 Å². The zero-order valence-electron chi connectivity index (χ0n) is 16.9. The van der Waals surface area contributed by atoms with Crippen molar-refractivity contribution in [2.24, 2.45) is 46.3 Å². The minimum atomic E-state index is -0.672. The van der Waals surface area contributed by atoms with Crippen molar-refractivity contribution in [1.29, 1.82) is 0 Å². The molecule has 0 heterocycles. The number of hydrogen-bond acceptors (Lipinski definition) is 2. The van der Waals surface area contributed by atoms with Gasteiger partial charge in [-0.1, -0.05) is 33.6 Å². The molecule has 0 bridgehead atoms. The van der Waals surface area contributed by atoms with Gasteiger partial charge in [0.2, 0.25) is 0 Å². The van der Waals surface area contributed by atoms with Crippen LogP contribution in [0.4, 0.5) is 0 Å². The van der Waals surface area contributed by atoms with Gasteiger partial charge >= 0.3 is 5.97 Å². The van der Waals surface area contributed by atoms with Gasteiger partial charge in [-0.2, -0.15) is 0 Å². The van der Waals surface area contributed by atoms with E-state index in [-0.39, 0.29) is 23.9 Å². The van der Waals surface area contributed by atoms with Gasteiger partial charge in [0.25, 0.3) is 0 Å². The van der Waals surface area contributed by atoms with E-state index in [0.29, 0.717) is 29.1 Å². The fourth-order valence-corrected chi connectivity index (χ4v) is 8.81. The molecule has 0 aromatic heterocycles. The van der Waals surface area contributed by atoms with Crippen LogP contribution in [0.2, 0.25) is 0 Å². The molecule has 4 saturated carbocycles.